The van der Waals surface area contributed by atoms with E-state index in [1.807, 2.05) is 12.1 Å². The summed E-state index contributed by atoms with van der Waals surface area (Å²) in [6, 6.07) is 11.4. The molecule has 2 N–H and O–H groups in total. The first kappa shape index (κ1) is 14.3. The average molecular weight is 384 g/mol. The number of nitro groups is 1. The van der Waals surface area contributed by atoms with Crippen molar-refractivity contribution < 1.29 is 14.8 Å². The van der Waals surface area contributed by atoms with Gasteiger partial charge in [-0.15, -0.1) is 0 Å². The number of nitrogens with zero attached hydrogens (tertiary/aromatic N) is 1. The van der Waals surface area contributed by atoms with Crippen LogP contribution in [-0.2, 0) is 0 Å². The molecular formula is C13H9IN2O4. The van der Waals surface area contributed by atoms with Crippen molar-refractivity contribution >= 4 is 45.6 Å². The highest BCUT2D eigenvalue weighted by molar-refractivity contribution is 14.1. The Morgan fingerprint density at radius 2 is 1.85 bits per heavy atom. The third-order valence-electron chi connectivity index (χ3n) is 2.57. The van der Waals surface area contributed by atoms with E-state index in [-0.39, 0.29) is 11.3 Å². The first-order chi connectivity index (χ1) is 9.49. The summed E-state index contributed by atoms with van der Waals surface area (Å²) in [6.45, 7) is 0. The van der Waals surface area contributed by atoms with Crippen molar-refractivity contribution in [1.29, 1.82) is 0 Å². The minimum atomic E-state index is -1.33. The number of carbonyl (C=O) groups is 1. The van der Waals surface area contributed by atoms with Crippen LogP contribution in [0.25, 0.3) is 0 Å². The molecule has 0 aliphatic carbocycles. The third kappa shape index (κ3) is 3.05. The van der Waals surface area contributed by atoms with Crippen LogP contribution in [0.15, 0.2) is 42.5 Å². The normalized spacial score (nSPS) is 10.1. The quantitative estimate of drug-likeness (QED) is 0.477. The number of para-hydroxylation sites is 1. The van der Waals surface area contributed by atoms with Gasteiger partial charge < -0.3 is 10.4 Å². The van der Waals surface area contributed by atoms with Crippen molar-refractivity contribution in [3.05, 3.63) is 61.7 Å². The molecule has 0 fully saturated rings. The van der Waals surface area contributed by atoms with Crippen LogP contribution in [0.5, 0.6) is 0 Å². The Labute approximate surface area is 127 Å². The second-order valence-electron chi connectivity index (χ2n) is 3.90. The van der Waals surface area contributed by atoms with Crippen molar-refractivity contribution in [2.24, 2.45) is 0 Å². The molecule has 0 unspecified atom stereocenters. The van der Waals surface area contributed by atoms with Gasteiger partial charge in [0.05, 0.1) is 4.92 Å². The molecule has 0 spiro atoms. The minimum absolute atomic E-state index is 0.149. The lowest BCUT2D eigenvalue weighted by Gasteiger charge is -2.08. The number of halogens is 1. The van der Waals surface area contributed by atoms with Gasteiger partial charge in [0.15, 0.2) is 0 Å². The molecule has 0 amide bonds. The summed E-state index contributed by atoms with van der Waals surface area (Å²) in [7, 11) is 0. The summed E-state index contributed by atoms with van der Waals surface area (Å²) >= 11 is 2.15. The lowest BCUT2D eigenvalue weighted by atomic mass is 10.1. The maximum Gasteiger partial charge on any atom is 0.342 e. The first-order valence-electron chi connectivity index (χ1n) is 5.52. The molecule has 0 heterocycles. The molecule has 20 heavy (non-hydrogen) atoms. The zero-order valence-electron chi connectivity index (χ0n) is 10.0. The SMILES string of the molecule is O=C(O)c1cccc(Nc2ccc(I)cc2)c1[N+](=O)[O-]. The molecule has 0 aliphatic rings. The highest BCUT2D eigenvalue weighted by Gasteiger charge is 2.24. The predicted molar refractivity (Wildman–Crippen MR) is 82.5 cm³/mol. The van der Waals surface area contributed by atoms with E-state index in [1.54, 1.807) is 12.1 Å². The Balaban J connectivity index is 2.46. The number of carboxylic acid groups (broad SMARTS) is 1. The number of hydrogen-bond acceptors (Lipinski definition) is 4. The van der Waals surface area contributed by atoms with Crippen LogP contribution in [0.1, 0.15) is 10.4 Å². The molecule has 0 atom stereocenters. The summed E-state index contributed by atoms with van der Waals surface area (Å²) in [5, 5.41) is 23.0. The molecular weight excluding hydrogens is 375 g/mol. The van der Waals surface area contributed by atoms with Gasteiger partial charge >= 0.3 is 11.7 Å². The van der Waals surface area contributed by atoms with Crippen LogP contribution in [0.2, 0.25) is 0 Å². The molecule has 0 saturated carbocycles. The highest BCUT2D eigenvalue weighted by Crippen LogP contribution is 2.31. The largest absolute Gasteiger partial charge is 0.477 e. The molecule has 0 radical (unpaired) electrons. The number of benzene rings is 2. The molecule has 2 rings (SSSR count). The van der Waals surface area contributed by atoms with Crippen LogP contribution in [-0.4, -0.2) is 16.0 Å². The molecule has 2 aromatic rings. The van der Waals surface area contributed by atoms with Crippen LogP contribution in [0.4, 0.5) is 17.1 Å². The Bertz CT molecular complexity index is 671. The van der Waals surface area contributed by atoms with Crippen molar-refractivity contribution in [3.63, 3.8) is 0 Å². The summed E-state index contributed by atoms with van der Waals surface area (Å²) in [5.74, 6) is -1.33. The highest BCUT2D eigenvalue weighted by atomic mass is 127. The molecule has 0 saturated heterocycles. The van der Waals surface area contributed by atoms with Gasteiger partial charge in [-0.2, -0.15) is 0 Å². The summed E-state index contributed by atoms with van der Waals surface area (Å²) in [6.07, 6.45) is 0. The summed E-state index contributed by atoms with van der Waals surface area (Å²) in [5.41, 5.74) is 0.0104. The van der Waals surface area contributed by atoms with E-state index in [1.165, 1.54) is 18.2 Å². The zero-order valence-corrected chi connectivity index (χ0v) is 12.2. The van der Waals surface area contributed by atoms with Crippen molar-refractivity contribution in [3.8, 4) is 0 Å². The van der Waals surface area contributed by atoms with E-state index in [0.29, 0.717) is 5.69 Å². The smallest absolute Gasteiger partial charge is 0.342 e. The average Bonchev–Trinajstić information content (AvgIpc) is 2.40. The van der Waals surface area contributed by atoms with E-state index in [9.17, 15) is 14.9 Å². The molecule has 2 aromatic carbocycles. The Morgan fingerprint density at radius 3 is 2.40 bits per heavy atom. The zero-order chi connectivity index (χ0) is 14.7. The van der Waals surface area contributed by atoms with Crippen LogP contribution in [0, 0.1) is 13.7 Å². The van der Waals surface area contributed by atoms with Gasteiger partial charge in [0.25, 0.3) is 0 Å². The monoisotopic (exact) mass is 384 g/mol. The van der Waals surface area contributed by atoms with Crippen LogP contribution >= 0.6 is 22.6 Å². The van der Waals surface area contributed by atoms with Gasteiger partial charge in [-0.05, 0) is 59.0 Å². The number of rotatable bonds is 4. The Morgan fingerprint density at radius 1 is 1.20 bits per heavy atom. The standard InChI is InChI=1S/C13H9IN2O4/c14-8-4-6-9(7-5-8)15-11-3-1-2-10(13(17)18)12(11)16(19)20/h1-7,15H,(H,17,18). The molecule has 102 valence electrons. The van der Waals surface area contributed by atoms with Crippen LogP contribution in [0.3, 0.4) is 0 Å². The van der Waals surface area contributed by atoms with Crippen molar-refractivity contribution in [2.75, 3.05) is 5.32 Å². The van der Waals surface area contributed by atoms with E-state index in [4.69, 9.17) is 5.11 Å². The lowest BCUT2D eigenvalue weighted by molar-refractivity contribution is -0.384. The summed E-state index contributed by atoms with van der Waals surface area (Å²) in [4.78, 5) is 21.4. The number of nitro benzene ring substituents is 1. The van der Waals surface area contributed by atoms with Gasteiger partial charge in [0, 0.05) is 9.26 Å². The Kier molecular flexibility index (Phi) is 4.18. The number of aromatic carboxylic acids is 1. The molecule has 0 aliphatic heterocycles. The van der Waals surface area contributed by atoms with E-state index < -0.39 is 16.6 Å². The van der Waals surface area contributed by atoms with Crippen molar-refractivity contribution in [1.82, 2.24) is 0 Å². The second-order valence-corrected chi connectivity index (χ2v) is 5.14. The third-order valence-corrected chi connectivity index (χ3v) is 3.29. The first-order valence-corrected chi connectivity index (χ1v) is 6.60. The summed E-state index contributed by atoms with van der Waals surface area (Å²) < 4.78 is 1.03. The van der Waals surface area contributed by atoms with Gasteiger partial charge in [-0.25, -0.2) is 4.79 Å². The van der Waals surface area contributed by atoms with Gasteiger partial charge in [0.2, 0.25) is 0 Å². The Hall–Kier alpha value is -2.16. The van der Waals surface area contributed by atoms with Gasteiger partial charge in [-0.3, -0.25) is 10.1 Å². The number of nitrogens with one attached hydrogen (secondary N) is 1. The second kappa shape index (κ2) is 5.87. The maximum absolute atomic E-state index is 11.1. The number of anilines is 2. The molecule has 7 heteroatoms. The van der Waals surface area contributed by atoms with Gasteiger partial charge in [0.1, 0.15) is 11.3 Å². The molecule has 0 bridgehead atoms. The number of hydrogen-bond donors (Lipinski definition) is 2. The predicted octanol–water partition coefficient (Wildman–Crippen LogP) is 3.64. The topological polar surface area (TPSA) is 92.5 Å². The van der Waals surface area contributed by atoms with E-state index in [2.05, 4.69) is 27.9 Å². The maximum atomic E-state index is 11.1. The van der Waals surface area contributed by atoms with E-state index >= 15 is 0 Å². The fourth-order valence-electron chi connectivity index (χ4n) is 1.70. The number of carboxylic acids is 1. The van der Waals surface area contributed by atoms with Gasteiger partial charge in [-0.1, -0.05) is 6.07 Å². The van der Waals surface area contributed by atoms with E-state index in [0.717, 1.165) is 3.57 Å². The lowest BCUT2D eigenvalue weighted by Crippen LogP contribution is -2.05. The fraction of sp³-hybridized carbons (Fsp3) is 0. The van der Waals surface area contributed by atoms with Crippen molar-refractivity contribution in [2.45, 2.75) is 0 Å². The fourth-order valence-corrected chi connectivity index (χ4v) is 2.06. The van der Waals surface area contributed by atoms with Crippen LogP contribution < -0.4 is 5.32 Å². The molecule has 6 nitrogen and oxygen atoms in total. The molecule has 0 aromatic heterocycles. The minimum Gasteiger partial charge on any atom is -0.477 e.